The largest absolute Gasteiger partial charge is 0.306 e. The molecule has 1 aromatic heterocycles. The molecular formula is C11H19N3S. The van der Waals surface area contributed by atoms with Gasteiger partial charge in [0.25, 0.3) is 0 Å². The van der Waals surface area contributed by atoms with Crippen molar-refractivity contribution < 1.29 is 0 Å². The number of nitrogens with one attached hydrogen (secondary N) is 2. The molecule has 15 heavy (non-hydrogen) atoms. The van der Waals surface area contributed by atoms with Gasteiger partial charge in [0.1, 0.15) is 0 Å². The van der Waals surface area contributed by atoms with Crippen LogP contribution in [0.3, 0.4) is 0 Å². The Balaban J connectivity index is 1.91. The Morgan fingerprint density at radius 3 is 3.13 bits per heavy atom. The highest BCUT2D eigenvalue weighted by atomic mass is 32.2. The van der Waals surface area contributed by atoms with E-state index in [0.717, 1.165) is 0 Å². The molecule has 0 bridgehead atoms. The Morgan fingerprint density at radius 2 is 2.53 bits per heavy atom. The molecule has 0 spiro atoms. The van der Waals surface area contributed by atoms with Gasteiger partial charge in [-0.2, -0.15) is 16.9 Å². The molecule has 1 fully saturated rings. The third-order valence-electron chi connectivity index (χ3n) is 2.98. The number of hydrogen-bond donors (Lipinski definition) is 2. The Kier molecular flexibility index (Phi) is 3.70. The maximum Gasteiger partial charge on any atom is 0.0537 e. The Bertz CT molecular complexity index is 305. The monoisotopic (exact) mass is 225 g/mol. The Hall–Kier alpha value is -0.480. The minimum atomic E-state index is 0.410. The van der Waals surface area contributed by atoms with Crippen LogP contribution in [-0.4, -0.2) is 27.7 Å². The van der Waals surface area contributed by atoms with E-state index in [1.165, 1.54) is 35.6 Å². The second-order valence-corrected chi connectivity index (χ2v) is 5.40. The van der Waals surface area contributed by atoms with Crippen LogP contribution in [0.5, 0.6) is 0 Å². The number of H-pyrrole nitrogens is 1. The maximum atomic E-state index is 4.07. The van der Waals surface area contributed by atoms with Crippen molar-refractivity contribution in [2.24, 2.45) is 0 Å². The first-order chi connectivity index (χ1) is 7.27. The van der Waals surface area contributed by atoms with E-state index >= 15 is 0 Å². The van der Waals surface area contributed by atoms with Crippen molar-refractivity contribution in [3.05, 3.63) is 17.5 Å². The molecule has 1 aliphatic heterocycles. The molecule has 2 rings (SSSR count). The number of nitrogens with zero attached hydrogens (tertiary/aromatic N) is 1. The summed E-state index contributed by atoms with van der Waals surface area (Å²) in [6.07, 6.45) is 4.59. The number of thioether (sulfide) groups is 1. The second kappa shape index (κ2) is 5.03. The Labute approximate surface area is 95.4 Å². The molecule has 1 aromatic rings. The van der Waals surface area contributed by atoms with Gasteiger partial charge in [-0.15, -0.1) is 0 Å². The van der Waals surface area contributed by atoms with Crippen molar-refractivity contribution in [1.82, 2.24) is 15.5 Å². The number of aryl methyl sites for hydroxylation is 1. The van der Waals surface area contributed by atoms with Gasteiger partial charge in [0, 0.05) is 29.1 Å². The highest BCUT2D eigenvalue weighted by Gasteiger charge is 2.18. The van der Waals surface area contributed by atoms with Crippen molar-refractivity contribution in [2.45, 2.75) is 38.8 Å². The van der Waals surface area contributed by atoms with E-state index in [0.29, 0.717) is 12.1 Å². The number of aromatic amines is 1. The lowest BCUT2D eigenvalue weighted by Crippen LogP contribution is -2.35. The number of aromatic nitrogens is 2. The minimum absolute atomic E-state index is 0.410. The fourth-order valence-electron chi connectivity index (χ4n) is 2.11. The average molecular weight is 225 g/mol. The molecule has 2 unspecified atom stereocenters. The zero-order valence-corrected chi connectivity index (χ0v) is 10.2. The summed E-state index contributed by atoms with van der Waals surface area (Å²) in [5, 5.41) is 10.7. The van der Waals surface area contributed by atoms with Crippen LogP contribution in [0.4, 0.5) is 0 Å². The van der Waals surface area contributed by atoms with Gasteiger partial charge < -0.3 is 5.32 Å². The summed E-state index contributed by atoms with van der Waals surface area (Å²) in [5.74, 6) is 2.58. The van der Waals surface area contributed by atoms with E-state index in [1.54, 1.807) is 0 Å². The molecule has 84 valence electrons. The van der Waals surface area contributed by atoms with Gasteiger partial charge in [-0.05, 0) is 32.4 Å². The molecule has 0 amide bonds. The first kappa shape index (κ1) is 11.0. The fraction of sp³-hybridized carbons (Fsp3) is 0.727. The second-order valence-electron chi connectivity index (χ2n) is 4.25. The summed E-state index contributed by atoms with van der Waals surface area (Å²) in [7, 11) is 0. The predicted octanol–water partition coefficient (Wildman–Crippen LogP) is 2.26. The van der Waals surface area contributed by atoms with Crippen LogP contribution in [-0.2, 0) is 0 Å². The van der Waals surface area contributed by atoms with Gasteiger partial charge in [0.2, 0.25) is 0 Å². The zero-order valence-electron chi connectivity index (χ0n) is 9.42. The van der Waals surface area contributed by atoms with E-state index in [4.69, 9.17) is 0 Å². The first-order valence-electron chi connectivity index (χ1n) is 5.61. The normalized spacial score (nSPS) is 24.0. The molecule has 0 saturated carbocycles. The van der Waals surface area contributed by atoms with Crippen LogP contribution in [0, 0.1) is 6.92 Å². The zero-order chi connectivity index (χ0) is 10.7. The van der Waals surface area contributed by atoms with E-state index in [-0.39, 0.29) is 0 Å². The quantitative estimate of drug-likeness (QED) is 0.829. The van der Waals surface area contributed by atoms with Crippen LogP contribution in [0.1, 0.15) is 37.1 Å². The van der Waals surface area contributed by atoms with Gasteiger partial charge in [-0.25, -0.2) is 0 Å². The van der Waals surface area contributed by atoms with Crippen molar-refractivity contribution in [1.29, 1.82) is 0 Å². The summed E-state index contributed by atoms with van der Waals surface area (Å²) in [4.78, 5) is 0. The lowest BCUT2D eigenvalue weighted by Gasteiger charge is -2.26. The van der Waals surface area contributed by atoms with Crippen molar-refractivity contribution >= 4 is 11.8 Å². The average Bonchev–Trinajstić information content (AvgIpc) is 2.66. The van der Waals surface area contributed by atoms with Gasteiger partial charge >= 0.3 is 0 Å². The minimum Gasteiger partial charge on any atom is -0.306 e. The van der Waals surface area contributed by atoms with E-state index < -0.39 is 0 Å². The number of rotatable bonds is 3. The number of hydrogen-bond acceptors (Lipinski definition) is 3. The molecule has 4 heteroatoms. The highest BCUT2D eigenvalue weighted by molar-refractivity contribution is 7.99. The lowest BCUT2D eigenvalue weighted by atomic mass is 10.1. The molecule has 1 saturated heterocycles. The van der Waals surface area contributed by atoms with E-state index in [1.807, 2.05) is 6.20 Å². The van der Waals surface area contributed by atoms with Crippen molar-refractivity contribution in [2.75, 3.05) is 11.5 Å². The summed E-state index contributed by atoms with van der Waals surface area (Å²) < 4.78 is 0. The summed E-state index contributed by atoms with van der Waals surface area (Å²) in [5.41, 5.74) is 2.48. The van der Waals surface area contributed by atoms with Crippen molar-refractivity contribution in [3.63, 3.8) is 0 Å². The molecule has 1 aliphatic rings. The molecule has 3 nitrogen and oxygen atoms in total. The third-order valence-corrected chi connectivity index (χ3v) is 4.20. The van der Waals surface area contributed by atoms with Crippen LogP contribution >= 0.6 is 11.8 Å². The van der Waals surface area contributed by atoms with Crippen LogP contribution in [0.15, 0.2) is 6.20 Å². The van der Waals surface area contributed by atoms with E-state index in [2.05, 4.69) is 41.1 Å². The summed E-state index contributed by atoms with van der Waals surface area (Å²) in [6.45, 7) is 4.30. The predicted molar refractivity (Wildman–Crippen MR) is 65.2 cm³/mol. The molecule has 0 radical (unpaired) electrons. The molecule has 0 aliphatic carbocycles. The summed E-state index contributed by atoms with van der Waals surface area (Å²) in [6, 6.07) is 1.08. The van der Waals surface area contributed by atoms with Crippen LogP contribution in [0.2, 0.25) is 0 Å². The smallest absolute Gasteiger partial charge is 0.0537 e. The third kappa shape index (κ3) is 2.75. The molecule has 2 atom stereocenters. The standard InChI is InChI=1S/C11H19N3S/c1-8(11-6-12-14-9(11)2)13-10-4-3-5-15-7-10/h6,8,10,13H,3-5,7H2,1-2H3,(H,12,14). The van der Waals surface area contributed by atoms with Crippen molar-refractivity contribution in [3.8, 4) is 0 Å². The topological polar surface area (TPSA) is 40.7 Å². The summed E-state index contributed by atoms with van der Waals surface area (Å²) >= 11 is 2.06. The molecule has 0 aromatic carbocycles. The molecular weight excluding hydrogens is 206 g/mol. The van der Waals surface area contributed by atoms with Crippen LogP contribution < -0.4 is 5.32 Å². The van der Waals surface area contributed by atoms with Gasteiger partial charge in [-0.1, -0.05) is 0 Å². The highest BCUT2D eigenvalue weighted by Crippen LogP contribution is 2.21. The Morgan fingerprint density at radius 1 is 1.67 bits per heavy atom. The van der Waals surface area contributed by atoms with Gasteiger partial charge in [0.05, 0.1) is 6.20 Å². The first-order valence-corrected chi connectivity index (χ1v) is 6.76. The van der Waals surface area contributed by atoms with E-state index in [9.17, 15) is 0 Å². The van der Waals surface area contributed by atoms with Gasteiger partial charge in [0.15, 0.2) is 0 Å². The SMILES string of the molecule is Cc1[nH]ncc1C(C)NC1CCCSC1. The lowest BCUT2D eigenvalue weighted by molar-refractivity contribution is 0.452. The fourth-order valence-corrected chi connectivity index (χ4v) is 3.20. The van der Waals surface area contributed by atoms with Gasteiger partial charge in [-0.3, -0.25) is 5.10 Å². The van der Waals surface area contributed by atoms with Crippen LogP contribution in [0.25, 0.3) is 0 Å². The maximum absolute atomic E-state index is 4.07. The molecule has 2 heterocycles. The molecule has 2 N–H and O–H groups in total.